The summed E-state index contributed by atoms with van der Waals surface area (Å²) in [5.41, 5.74) is 0.437. The highest BCUT2D eigenvalue weighted by Crippen LogP contribution is 2.36. The number of rotatable bonds is 8. The van der Waals surface area contributed by atoms with Gasteiger partial charge in [-0.25, -0.2) is 8.42 Å². The van der Waals surface area contributed by atoms with E-state index in [9.17, 15) is 13.2 Å². The molecule has 0 aromatic heterocycles. The predicted octanol–water partition coefficient (Wildman–Crippen LogP) is 4.84. The number of hydrogen-bond donors (Lipinski definition) is 1. The van der Waals surface area contributed by atoms with E-state index in [0.29, 0.717) is 5.75 Å². The lowest BCUT2D eigenvalue weighted by atomic mass is 10.2. The molecular formula is C22H20Cl2N2O5S. The molecule has 0 heterocycles. The topological polar surface area (TPSA) is 84.9 Å². The molecule has 7 nitrogen and oxygen atoms in total. The van der Waals surface area contributed by atoms with Gasteiger partial charge in [-0.05, 0) is 36.4 Å². The molecule has 3 aromatic rings. The molecule has 1 amide bonds. The van der Waals surface area contributed by atoms with Gasteiger partial charge in [-0.1, -0.05) is 47.5 Å². The molecule has 32 heavy (non-hydrogen) atoms. The maximum Gasteiger partial charge on any atom is 0.264 e. The van der Waals surface area contributed by atoms with Crippen molar-refractivity contribution < 1.29 is 22.7 Å². The van der Waals surface area contributed by atoms with E-state index in [2.05, 4.69) is 5.32 Å². The molecule has 0 saturated carbocycles. The normalized spacial score (nSPS) is 11.0. The van der Waals surface area contributed by atoms with Crippen molar-refractivity contribution >= 4 is 50.5 Å². The van der Waals surface area contributed by atoms with E-state index in [-0.39, 0.29) is 32.1 Å². The van der Waals surface area contributed by atoms with Gasteiger partial charge in [0.05, 0.1) is 40.5 Å². The lowest BCUT2D eigenvalue weighted by Gasteiger charge is -2.26. The van der Waals surface area contributed by atoms with E-state index < -0.39 is 22.5 Å². The molecule has 0 aliphatic heterocycles. The fourth-order valence-electron chi connectivity index (χ4n) is 2.93. The number of benzene rings is 3. The van der Waals surface area contributed by atoms with Crippen molar-refractivity contribution in [3.05, 3.63) is 76.8 Å². The van der Waals surface area contributed by atoms with Crippen molar-refractivity contribution in [1.82, 2.24) is 0 Å². The van der Waals surface area contributed by atoms with E-state index in [0.717, 1.165) is 4.31 Å². The molecule has 0 unspecified atom stereocenters. The van der Waals surface area contributed by atoms with Gasteiger partial charge in [-0.3, -0.25) is 9.10 Å². The van der Waals surface area contributed by atoms with Gasteiger partial charge in [0.25, 0.3) is 10.0 Å². The Hall–Kier alpha value is -2.94. The molecule has 0 aliphatic carbocycles. The Kier molecular flexibility index (Phi) is 7.50. The summed E-state index contributed by atoms with van der Waals surface area (Å²) in [5.74, 6) is 0.0711. The van der Waals surface area contributed by atoms with Crippen LogP contribution in [0.4, 0.5) is 11.4 Å². The zero-order chi connectivity index (χ0) is 23.3. The van der Waals surface area contributed by atoms with Crippen molar-refractivity contribution in [3.63, 3.8) is 0 Å². The molecule has 3 aromatic carbocycles. The Bertz CT molecular complexity index is 1220. The highest BCUT2D eigenvalue weighted by atomic mass is 35.5. The molecule has 0 bridgehead atoms. The highest BCUT2D eigenvalue weighted by molar-refractivity contribution is 7.92. The number of amides is 1. The van der Waals surface area contributed by atoms with E-state index in [4.69, 9.17) is 32.7 Å². The Balaban J connectivity index is 2.03. The van der Waals surface area contributed by atoms with Gasteiger partial charge in [-0.15, -0.1) is 0 Å². The smallest absolute Gasteiger partial charge is 0.264 e. The summed E-state index contributed by atoms with van der Waals surface area (Å²) in [6.07, 6.45) is 0. The van der Waals surface area contributed by atoms with Gasteiger partial charge < -0.3 is 14.8 Å². The van der Waals surface area contributed by atoms with Crippen LogP contribution in [0.15, 0.2) is 71.6 Å². The summed E-state index contributed by atoms with van der Waals surface area (Å²) in [6.45, 7) is -0.539. The van der Waals surface area contributed by atoms with Crippen LogP contribution in [0.25, 0.3) is 0 Å². The zero-order valence-electron chi connectivity index (χ0n) is 17.2. The monoisotopic (exact) mass is 494 g/mol. The summed E-state index contributed by atoms with van der Waals surface area (Å²) in [6, 6.07) is 17.2. The van der Waals surface area contributed by atoms with Crippen LogP contribution in [0.2, 0.25) is 10.0 Å². The number of hydrogen-bond acceptors (Lipinski definition) is 5. The van der Waals surface area contributed by atoms with Crippen molar-refractivity contribution in [1.29, 1.82) is 0 Å². The van der Waals surface area contributed by atoms with Crippen LogP contribution >= 0.6 is 23.2 Å². The Morgan fingerprint density at radius 2 is 1.69 bits per heavy atom. The maximum atomic E-state index is 13.5. The first-order valence-electron chi connectivity index (χ1n) is 9.31. The Morgan fingerprint density at radius 3 is 2.34 bits per heavy atom. The van der Waals surface area contributed by atoms with E-state index in [1.165, 1.54) is 38.5 Å². The first-order chi connectivity index (χ1) is 15.3. The number of methoxy groups -OCH3 is 2. The molecule has 0 aliphatic rings. The van der Waals surface area contributed by atoms with Crippen LogP contribution in [0, 0.1) is 0 Å². The number of carbonyl (C=O) groups is 1. The average molecular weight is 495 g/mol. The minimum atomic E-state index is -4.12. The summed E-state index contributed by atoms with van der Waals surface area (Å²) in [7, 11) is -1.24. The summed E-state index contributed by atoms with van der Waals surface area (Å²) in [5, 5.41) is 3.02. The first kappa shape index (κ1) is 23.7. The SMILES string of the molecule is COc1ccc(N(CC(=O)Nc2cccc(Cl)c2Cl)S(=O)(=O)c2ccccc2)c(OC)c1. The van der Waals surface area contributed by atoms with Crippen LogP contribution in [0.5, 0.6) is 11.5 Å². The number of ether oxygens (including phenoxy) is 2. The van der Waals surface area contributed by atoms with Gasteiger partial charge >= 0.3 is 0 Å². The van der Waals surface area contributed by atoms with Gasteiger partial charge in [0.15, 0.2) is 0 Å². The molecule has 10 heteroatoms. The molecule has 0 radical (unpaired) electrons. The largest absolute Gasteiger partial charge is 0.497 e. The van der Waals surface area contributed by atoms with Crippen molar-refractivity contribution in [2.45, 2.75) is 4.90 Å². The van der Waals surface area contributed by atoms with Gasteiger partial charge in [0, 0.05) is 6.07 Å². The molecule has 0 fully saturated rings. The molecule has 1 N–H and O–H groups in total. The first-order valence-corrected chi connectivity index (χ1v) is 11.5. The van der Waals surface area contributed by atoms with Gasteiger partial charge in [-0.2, -0.15) is 0 Å². The lowest BCUT2D eigenvalue weighted by molar-refractivity contribution is -0.114. The zero-order valence-corrected chi connectivity index (χ0v) is 19.5. The maximum absolute atomic E-state index is 13.5. The van der Waals surface area contributed by atoms with Gasteiger partial charge in [0.1, 0.15) is 18.0 Å². The van der Waals surface area contributed by atoms with Crippen LogP contribution in [-0.4, -0.2) is 35.1 Å². The molecule has 3 rings (SSSR count). The van der Waals surface area contributed by atoms with E-state index in [1.54, 1.807) is 42.5 Å². The second kappa shape index (κ2) is 10.1. The summed E-state index contributed by atoms with van der Waals surface area (Å²) < 4.78 is 38.5. The molecule has 0 atom stereocenters. The predicted molar refractivity (Wildman–Crippen MR) is 126 cm³/mol. The van der Waals surface area contributed by atoms with Crippen LogP contribution in [0.1, 0.15) is 0 Å². The number of nitrogens with one attached hydrogen (secondary N) is 1. The number of carbonyl (C=O) groups excluding carboxylic acids is 1. The number of halogens is 2. The summed E-state index contributed by atoms with van der Waals surface area (Å²) >= 11 is 12.1. The Morgan fingerprint density at radius 1 is 0.969 bits per heavy atom. The molecule has 168 valence electrons. The fraction of sp³-hybridized carbons (Fsp3) is 0.136. The third-order valence-corrected chi connectivity index (χ3v) is 7.09. The lowest BCUT2D eigenvalue weighted by Crippen LogP contribution is -2.38. The minimum Gasteiger partial charge on any atom is -0.497 e. The molecule has 0 spiro atoms. The fourth-order valence-corrected chi connectivity index (χ4v) is 4.73. The quantitative estimate of drug-likeness (QED) is 0.483. The number of nitrogens with zero attached hydrogens (tertiary/aromatic N) is 1. The standard InChI is InChI=1S/C22H20Cl2N2O5S/c1-30-15-11-12-19(20(13-15)31-2)26(32(28,29)16-7-4-3-5-8-16)14-21(27)25-18-10-6-9-17(23)22(18)24/h3-13H,14H2,1-2H3,(H,25,27). The number of sulfonamides is 1. The average Bonchev–Trinajstić information content (AvgIpc) is 2.80. The van der Waals surface area contributed by atoms with Crippen LogP contribution in [-0.2, 0) is 14.8 Å². The second-order valence-corrected chi connectivity index (χ2v) is 9.16. The van der Waals surface area contributed by atoms with Gasteiger partial charge in [0.2, 0.25) is 5.91 Å². The third-order valence-electron chi connectivity index (χ3n) is 4.50. The third kappa shape index (κ3) is 5.09. The highest BCUT2D eigenvalue weighted by Gasteiger charge is 2.30. The molecular weight excluding hydrogens is 475 g/mol. The van der Waals surface area contributed by atoms with Crippen molar-refractivity contribution in [2.24, 2.45) is 0 Å². The minimum absolute atomic E-state index is 0.0199. The van der Waals surface area contributed by atoms with Crippen molar-refractivity contribution in [2.75, 3.05) is 30.4 Å². The number of anilines is 2. The Labute approximate surface area is 196 Å². The van der Waals surface area contributed by atoms with E-state index >= 15 is 0 Å². The van der Waals surface area contributed by atoms with Crippen LogP contribution in [0.3, 0.4) is 0 Å². The molecule has 0 saturated heterocycles. The van der Waals surface area contributed by atoms with Crippen LogP contribution < -0.4 is 19.1 Å². The second-order valence-electron chi connectivity index (χ2n) is 6.51. The van der Waals surface area contributed by atoms with E-state index in [1.807, 2.05) is 0 Å². The summed E-state index contributed by atoms with van der Waals surface area (Å²) in [4.78, 5) is 12.9. The van der Waals surface area contributed by atoms with Crippen molar-refractivity contribution in [3.8, 4) is 11.5 Å².